The van der Waals surface area contributed by atoms with E-state index in [2.05, 4.69) is 24.6 Å². The number of anilines is 1. The molecule has 0 unspecified atom stereocenters. The lowest BCUT2D eigenvalue weighted by Gasteiger charge is -2.45. The van der Waals surface area contributed by atoms with Crippen LogP contribution in [0.3, 0.4) is 0 Å². The molecule has 2 aliphatic rings. The number of aromatic nitrogens is 4. The molecule has 2 aromatic heterocycles. The van der Waals surface area contributed by atoms with E-state index in [4.69, 9.17) is 16.3 Å². The van der Waals surface area contributed by atoms with Crippen molar-refractivity contribution in [3.05, 3.63) is 23.5 Å². The van der Waals surface area contributed by atoms with Gasteiger partial charge in [-0.25, -0.2) is 4.98 Å². The minimum absolute atomic E-state index is 0.379. The molecule has 0 aliphatic carbocycles. The van der Waals surface area contributed by atoms with E-state index in [9.17, 15) is 0 Å². The quantitative estimate of drug-likeness (QED) is 0.782. The van der Waals surface area contributed by atoms with E-state index in [0.29, 0.717) is 10.6 Å². The van der Waals surface area contributed by atoms with Gasteiger partial charge in [0.15, 0.2) is 5.82 Å². The highest BCUT2D eigenvalue weighted by molar-refractivity contribution is 6.29. The van der Waals surface area contributed by atoms with Crippen LogP contribution in [0.25, 0.3) is 11.4 Å². The Bertz CT molecular complexity index is 703. The Morgan fingerprint density at radius 2 is 2.00 bits per heavy atom. The summed E-state index contributed by atoms with van der Waals surface area (Å²) < 4.78 is 7.62. The molecule has 0 bridgehead atoms. The smallest absolute Gasteiger partial charge is 0.227 e. The van der Waals surface area contributed by atoms with Crippen LogP contribution in [0.4, 0.5) is 5.95 Å². The highest BCUT2D eigenvalue weighted by Gasteiger charge is 2.38. The molecule has 4 rings (SSSR count). The first-order chi connectivity index (χ1) is 11.7. The molecule has 0 radical (unpaired) electrons. The highest BCUT2D eigenvalue weighted by Crippen LogP contribution is 2.40. The summed E-state index contributed by atoms with van der Waals surface area (Å²) in [6.07, 6.45) is 6.53. The molecule has 0 N–H and O–H groups in total. The van der Waals surface area contributed by atoms with Gasteiger partial charge in [0.25, 0.3) is 0 Å². The molecule has 24 heavy (non-hydrogen) atoms. The third-order valence-electron chi connectivity index (χ3n) is 5.34. The van der Waals surface area contributed by atoms with Crippen molar-refractivity contribution < 1.29 is 4.74 Å². The Morgan fingerprint density at radius 3 is 2.75 bits per heavy atom. The van der Waals surface area contributed by atoms with Crippen molar-refractivity contribution in [1.29, 1.82) is 0 Å². The fourth-order valence-corrected chi connectivity index (χ4v) is 4.06. The molecule has 7 heteroatoms. The second-order valence-electron chi connectivity index (χ2n) is 6.89. The van der Waals surface area contributed by atoms with Crippen molar-refractivity contribution in [2.75, 3.05) is 31.2 Å². The Balaban J connectivity index is 1.59. The average Bonchev–Trinajstić information content (AvgIpc) is 2.98. The lowest BCUT2D eigenvalue weighted by Crippen LogP contribution is -2.47. The largest absolute Gasteiger partial charge is 0.381 e. The van der Waals surface area contributed by atoms with Gasteiger partial charge in [-0.3, -0.25) is 4.57 Å². The summed E-state index contributed by atoms with van der Waals surface area (Å²) in [7, 11) is 2.02. The number of rotatable bonds is 2. The zero-order valence-electron chi connectivity index (χ0n) is 13.9. The molecule has 0 saturated carbocycles. The van der Waals surface area contributed by atoms with E-state index >= 15 is 0 Å². The maximum atomic E-state index is 5.88. The molecule has 2 fully saturated rings. The molecule has 128 valence electrons. The van der Waals surface area contributed by atoms with E-state index in [1.165, 1.54) is 12.8 Å². The van der Waals surface area contributed by atoms with Gasteiger partial charge >= 0.3 is 0 Å². The predicted molar refractivity (Wildman–Crippen MR) is 93.2 cm³/mol. The third kappa shape index (κ3) is 2.89. The molecule has 2 aliphatic heterocycles. The van der Waals surface area contributed by atoms with E-state index in [1.807, 2.05) is 13.1 Å². The summed E-state index contributed by atoms with van der Waals surface area (Å²) in [4.78, 5) is 6.53. The number of nitrogens with zero attached hydrogens (tertiary/aromatic N) is 5. The minimum Gasteiger partial charge on any atom is -0.381 e. The van der Waals surface area contributed by atoms with Gasteiger partial charge in [0.2, 0.25) is 5.95 Å². The number of pyridine rings is 1. The Morgan fingerprint density at radius 1 is 1.17 bits per heavy atom. The fourth-order valence-electron chi connectivity index (χ4n) is 3.95. The lowest BCUT2D eigenvalue weighted by atomic mass is 9.74. The number of hydrogen-bond donors (Lipinski definition) is 0. The normalized spacial score (nSPS) is 20.5. The van der Waals surface area contributed by atoms with Gasteiger partial charge in [0.1, 0.15) is 5.15 Å². The summed E-state index contributed by atoms with van der Waals surface area (Å²) in [5.41, 5.74) is 1.31. The third-order valence-corrected chi connectivity index (χ3v) is 5.56. The van der Waals surface area contributed by atoms with Crippen LogP contribution in [0.15, 0.2) is 18.3 Å². The van der Waals surface area contributed by atoms with Crippen LogP contribution in [0.5, 0.6) is 0 Å². The second-order valence-corrected chi connectivity index (χ2v) is 7.28. The van der Waals surface area contributed by atoms with Gasteiger partial charge in [0, 0.05) is 45.1 Å². The van der Waals surface area contributed by atoms with Gasteiger partial charge in [-0.15, -0.1) is 10.2 Å². The van der Waals surface area contributed by atoms with Gasteiger partial charge < -0.3 is 9.64 Å². The predicted octanol–water partition coefficient (Wildman–Crippen LogP) is 2.93. The van der Waals surface area contributed by atoms with E-state index < -0.39 is 0 Å². The molecule has 4 heterocycles. The first-order valence-corrected chi connectivity index (χ1v) is 8.89. The van der Waals surface area contributed by atoms with Gasteiger partial charge in [-0.2, -0.15) is 0 Å². The van der Waals surface area contributed by atoms with Crippen LogP contribution in [-0.4, -0.2) is 46.1 Å². The molecule has 0 amide bonds. The van der Waals surface area contributed by atoms with E-state index in [1.54, 1.807) is 12.3 Å². The standard InChI is InChI=1S/C17H22ClN5O/c1-22-15(13-3-4-14(18)19-11-13)20-21-16(22)23-8-2-5-17(12-23)6-9-24-10-7-17/h3-4,11H,2,5-10,12H2,1H3. The number of halogens is 1. The topological polar surface area (TPSA) is 56.1 Å². The molecule has 1 spiro atoms. The Hall–Kier alpha value is -1.66. The van der Waals surface area contributed by atoms with Crippen molar-refractivity contribution in [1.82, 2.24) is 19.7 Å². The maximum Gasteiger partial charge on any atom is 0.227 e. The number of piperidine rings is 1. The van der Waals surface area contributed by atoms with Crippen LogP contribution < -0.4 is 4.90 Å². The zero-order valence-corrected chi connectivity index (χ0v) is 14.7. The summed E-state index contributed by atoms with van der Waals surface area (Å²) >= 11 is 5.88. The van der Waals surface area contributed by atoms with Crippen molar-refractivity contribution in [2.45, 2.75) is 25.7 Å². The molecule has 6 nitrogen and oxygen atoms in total. The second kappa shape index (κ2) is 6.33. The Labute approximate surface area is 146 Å². The summed E-state index contributed by atoms with van der Waals surface area (Å²) in [6.45, 7) is 3.84. The van der Waals surface area contributed by atoms with Crippen LogP contribution >= 0.6 is 11.6 Å². The molecule has 2 aromatic rings. The minimum atomic E-state index is 0.379. The fraction of sp³-hybridized carbons (Fsp3) is 0.588. The van der Waals surface area contributed by atoms with Crippen LogP contribution in [0.1, 0.15) is 25.7 Å². The van der Waals surface area contributed by atoms with E-state index in [-0.39, 0.29) is 0 Å². The van der Waals surface area contributed by atoms with Crippen molar-refractivity contribution in [3.8, 4) is 11.4 Å². The molecular weight excluding hydrogens is 326 g/mol. The highest BCUT2D eigenvalue weighted by atomic mass is 35.5. The summed E-state index contributed by atoms with van der Waals surface area (Å²) in [6, 6.07) is 3.71. The Kier molecular flexibility index (Phi) is 4.18. The molecule has 0 atom stereocenters. The molecule has 0 aromatic carbocycles. The lowest BCUT2D eigenvalue weighted by molar-refractivity contribution is 0.00729. The van der Waals surface area contributed by atoms with E-state index in [0.717, 1.165) is 56.5 Å². The average molecular weight is 348 g/mol. The van der Waals surface area contributed by atoms with Crippen molar-refractivity contribution in [2.24, 2.45) is 12.5 Å². The monoisotopic (exact) mass is 347 g/mol. The van der Waals surface area contributed by atoms with Gasteiger partial charge in [-0.05, 0) is 43.2 Å². The summed E-state index contributed by atoms with van der Waals surface area (Å²) in [5, 5.41) is 9.34. The molecule has 2 saturated heterocycles. The first-order valence-electron chi connectivity index (χ1n) is 8.51. The number of hydrogen-bond acceptors (Lipinski definition) is 5. The van der Waals surface area contributed by atoms with Gasteiger partial charge in [-0.1, -0.05) is 11.6 Å². The number of ether oxygens (including phenoxy) is 1. The van der Waals surface area contributed by atoms with Crippen LogP contribution in [0.2, 0.25) is 5.15 Å². The van der Waals surface area contributed by atoms with Crippen LogP contribution in [0, 0.1) is 5.41 Å². The first kappa shape index (κ1) is 15.8. The molecular formula is C17H22ClN5O. The zero-order chi connectivity index (χ0) is 16.6. The van der Waals surface area contributed by atoms with Crippen LogP contribution in [-0.2, 0) is 11.8 Å². The van der Waals surface area contributed by atoms with Gasteiger partial charge in [0.05, 0.1) is 0 Å². The van der Waals surface area contributed by atoms with Crippen molar-refractivity contribution in [3.63, 3.8) is 0 Å². The van der Waals surface area contributed by atoms with Crippen molar-refractivity contribution >= 4 is 17.5 Å². The summed E-state index contributed by atoms with van der Waals surface area (Å²) in [5.74, 6) is 1.76. The maximum absolute atomic E-state index is 5.88. The SMILES string of the molecule is Cn1c(-c2ccc(Cl)nc2)nnc1N1CCCC2(CCOCC2)C1.